The van der Waals surface area contributed by atoms with Crippen molar-refractivity contribution >= 4 is 12.0 Å². The first-order valence-electron chi connectivity index (χ1n) is 5.55. The summed E-state index contributed by atoms with van der Waals surface area (Å²) < 4.78 is 9.58. The molecule has 0 radical (unpaired) electrons. The van der Waals surface area contributed by atoms with Gasteiger partial charge in [0.1, 0.15) is 6.04 Å². The molecule has 0 aliphatic carbocycles. The molecule has 1 heterocycles. The van der Waals surface area contributed by atoms with Gasteiger partial charge in [-0.1, -0.05) is 6.92 Å². The first-order chi connectivity index (χ1) is 7.88. The second-order valence-electron chi connectivity index (χ2n) is 4.86. The monoisotopic (exact) mass is 244 g/mol. The van der Waals surface area contributed by atoms with Crippen LogP contribution in [0.3, 0.4) is 0 Å². The van der Waals surface area contributed by atoms with Gasteiger partial charge in [-0.25, -0.2) is 4.79 Å². The molecule has 0 aromatic rings. The third kappa shape index (κ3) is 3.59. The van der Waals surface area contributed by atoms with Gasteiger partial charge in [-0.05, 0) is 6.92 Å². The van der Waals surface area contributed by atoms with Gasteiger partial charge in [-0.3, -0.25) is 4.79 Å². The van der Waals surface area contributed by atoms with Crippen LogP contribution in [-0.2, 0) is 14.3 Å². The molecule has 98 valence electrons. The minimum atomic E-state index is -0.600. The van der Waals surface area contributed by atoms with Crippen molar-refractivity contribution in [1.82, 2.24) is 10.2 Å². The summed E-state index contributed by atoms with van der Waals surface area (Å²) in [6.07, 6.45) is -0.600. The molecular formula is C11H20N2O4. The van der Waals surface area contributed by atoms with Crippen LogP contribution in [0, 0.1) is 5.41 Å². The number of nitrogens with one attached hydrogen (secondary N) is 1. The fourth-order valence-corrected chi connectivity index (χ4v) is 1.82. The van der Waals surface area contributed by atoms with E-state index in [1.807, 2.05) is 0 Å². The average molecular weight is 244 g/mol. The van der Waals surface area contributed by atoms with E-state index in [-0.39, 0.29) is 11.3 Å². The van der Waals surface area contributed by atoms with Crippen molar-refractivity contribution in [3.05, 3.63) is 0 Å². The van der Waals surface area contributed by atoms with Gasteiger partial charge in [-0.15, -0.1) is 0 Å². The molecule has 17 heavy (non-hydrogen) atoms. The quantitative estimate of drug-likeness (QED) is 0.768. The van der Waals surface area contributed by atoms with Gasteiger partial charge in [0.25, 0.3) is 0 Å². The average Bonchev–Trinajstić information content (AvgIpc) is 2.25. The fraction of sp³-hybridized carbons (Fsp3) is 0.818. The largest absolute Gasteiger partial charge is 0.453 e. The Kier molecular flexibility index (Phi) is 4.34. The molecule has 6 heteroatoms. The van der Waals surface area contributed by atoms with Crippen molar-refractivity contribution in [2.24, 2.45) is 5.41 Å². The van der Waals surface area contributed by atoms with E-state index in [4.69, 9.17) is 4.74 Å². The van der Waals surface area contributed by atoms with Crippen LogP contribution in [0.1, 0.15) is 13.8 Å². The molecule has 2 amide bonds. The zero-order valence-electron chi connectivity index (χ0n) is 10.8. The van der Waals surface area contributed by atoms with Crippen LogP contribution in [0.15, 0.2) is 0 Å². The summed E-state index contributed by atoms with van der Waals surface area (Å²) in [6.45, 7) is 5.67. The Hall–Kier alpha value is -1.30. The summed E-state index contributed by atoms with van der Waals surface area (Å²) in [5, 5.41) is 2.45. The minimum Gasteiger partial charge on any atom is -0.453 e. The van der Waals surface area contributed by atoms with Crippen molar-refractivity contribution in [3.63, 3.8) is 0 Å². The van der Waals surface area contributed by atoms with Gasteiger partial charge in [-0.2, -0.15) is 0 Å². The van der Waals surface area contributed by atoms with E-state index >= 15 is 0 Å². The molecule has 1 aliphatic rings. The number of nitrogens with zero attached hydrogens (tertiary/aromatic N) is 1. The number of methoxy groups -OCH3 is 1. The van der Waals surface area contributed by atoms with Crippen LogP contribution in [-0.4, -0.2) is 56.9 Å². The molecule has 1 fully saturated rings. The lowest BCUT2D eigenvalue weighted by molar-refractivity contribution is -0.143. The summed E-state index contributed by atoms with van der Waals surface area (Å²) in [7, 11) is 2.99. The topological polar surface area (TPSA) is 67.9 Å². The highest BCUT2D eigenvalue weighted by Crippen LogP contribution is 2.27. The number of alkyl carbamates (subject to hydrolysis) is 1. The predicted molar refractivity (Wildman–Crippen MR) is 61.6 cm³/mol. The van der Waals surface area contributed by atoms with Crippen LogP contribution in [0.25, 0.3) is 0 Å². The van der Waals surface area contributed by atoms with E-state index in [0.717, 1.165) is 0 Å². The predicted octanol–water partition coefficient (Wildman–Crippen LogP) is 0.226. The summed E-state index contributed by atoms with van der Waals surface area (Å²) >= 11 is 0. The van der Waals surface area contributed by atoms with E-state index in [1.54, 1.807) is 18.9 Å². The molecule has 1 N–H and O–H groups in total. The summed E-state index contributed by atoms with van der Waals surface area (Å²) in [5.74, 6) is -0.136. The highest BCUT2D eigenvalue weighted by Gasteiger charge is 2.36. The summed E-state index contributed by atoms with van der Waals surface area (Å²) in [4.78, 5) is 24.5. The van der Waals surface area contributed by atoms with E-state index in [2.05, 4.69) is 17.0 Å². The molecule has 0 aromatic carbocycles. The normalized spacial score (nSPS) is 18.8. The molecule has 6 nitrogen and oxygen atoms in total. The molecule has 1 atom stereocenters. The molecule has 0 bridgehead atoms. The third-order valence-corrected chi connectivity index (χ3v) is 2.79. The van der Waals surface area contributed by atoms with Gasteiger partial charge in [0.2, 0.25) is 5.91 Å². The molecular weight excluding hydrogens is 224 g/mol. The van der Waals surface area contributed by atoms with Crippen LogP contribution in [0.4, 0.5) is 4.79 Å². The van der Waals surface area contributed by atoms with Gasteiger partial charge >= 0.3 is 6.09 Å². The van der Waals surface area contributed by atoms with Crippen molar-refractivity contribution in [2.75, 3.05) is 33.9 Å². The number of likely N-dealkylation sites (N-methyl/N-ethyl adjacent to an activating group) is 1. The Bertz CT molecular complexity index is 302. The smallest absolute Gasteiger partial charge is 0.407 e. The number of amides is 2. The van der Waals surface area contributed by atoms with E-state index in [0.29, 0.717) is 19.8 Å². The highest BCUT2D eigenvalue weighted by molar-refractivity contribution is 5.85. The van der Waals surface area contributed by atoms with Gasteiger partial charge in [0.15, 0.2) is 0 Å². The zero-order valence-corrected chi connectivity index (χ0v) is 10.8. The lowest BCUT2D eigenvalue weighted by atomic mass is 9.88. The number of carbonyl (C=O) groups is 2. The number of carbonyl (C=O) groups excluding carboxylic acids is 2. The lowest BCUT2D eigenvalue weighted by Crippen LogP contribution is -2.53. The Morgan fingerprint density at radius 2 is 2.12 bits per heavy atom. The standard InChI is InChI=1S/C11H20N2O4/c1-8(12-10(15)16-4)9(14)13(3)5-11(2)6-17-7-11/h8H,5-7H2,1-4H3,(H,12,15)/t8-/m1/s1. The van der Waals surface area contributed by atoms with E-state index in [1.165, 1.54) is 7.11 Å². The van der Waals surface area contributed by atoms with E-state index in [9.17, 15) is 9.59 Å². The Labute approximate surface area is 101 Å². The zero-order chi connectivity index (χ0) is 13.1. The maximum Gasteiger partial charge on any atom is 0.407 e. The number of rotatable bonds is 4. The maximum atomic E-state index is 11.9. The van der Waals surface area contributed by atoms with Gasteiger partial charge in [0.05, 0.1) is 20.3 Å². The molecule has 1 aliphatic heterocycles. The van der Waals surface area contributed by atoms with Crippen LogP contribution in [0.5, 0.6) is 0 Å². The molecule has 0 unspecified atom stereocenters. The molecule has 0 saturated carbocycles. The number of ether oxygens (including phenoxy) is 2. The Balaban J connectivity index is 2.42. The van der Waals surface area contributed by atoms with Crippen LogP contribution >= 0.6 is 0 Å². The Morgan fingerprint density at radius 3 is 2.53 bits per heavy atom. The van der Waals surface area contributed by atoms with Gasteiger partial charge in [0, 0.05) is 19.0 Å². The van der Waals surface area contributed by atoms with Crippen molar-refractivity contribution in [3.8, 4) is 0 Å². The van der Waals surface area contributed by atoms with E-state index < -0.39 is 12.1 Å². The van der Waals surface area contributed by atoms with Crippen LogP contribution in [0.2, 0.25) is 0 Å². The maximum absolute atomic E-state index is 11.9. The SMILES string of the molecule is COC(=O)N[C@H](C)C(=O)N(C)CC1(C)COC1. The molecule has 1 saturated heterocycles. The molecule has 0 aromatic heterocycles. The second-order valence-corrected chi connectivity index (χ2v) is 4.86. The van der Waals surface area contributed by atoms with Gasteiger partial charge < -0.3 is 19.7 Å². The molecule has 0 spiro atoms. The third-order valence-electron chi connectivity index (χ3n) is 2.79. The minimum absolute atomic E-state index is 0.0371. The summed E-state index contributed by atoms with van der Waals surface area (Å²) in [5.41, 5.74) is 0.0371. The fourth-order valence-electron chi connectivity index (χ4n) is 1.82. The first kappa shape index (κ1) is 13.8. The first-order valence-corrected chi connectivity index (χ1v) is 5.55. The lowest BCUT2D eigenvalue weighted by Gasteiger charge is -2.41. The Morgan fingerprint density at radius 1 is 1.53 bits per heavy atom. The summed E-state index contributed by atoms with van der Waals surface area (Å²) in [6, 6.07) is -0.586. The number of hydrogen-bond acceptors (Lipinski definition) is 4. The second kappa shape index (κ2) is 5.35. The van der Waals surface area contributed by atoms with Crippen molar-refractivity contribution in [2.45, 2.75) is 19.9 Å². The highest BCUT2D eigenvalue weighted by atomic mass is 16.5. The number of hydrogen-bond donors (Lipinski definition) is 1. The molecule has 1 rings (SSSR count). The van der Waals surface area contributed by atoms with Crippen molar-refractivity contribution < 1.29 is 19.1 Å². The van der Waals surface area contributed by atoms with Crippen molar-refractivity contribution in [1.29, 1.82) is 0 Å². The van der Waals surface area contributed by atoms with Crippen LogP contribution < -0.4 is 5.32 Å².